The predicted octanol–water partition coefficient (Wildman–Crippen LogP) is 3.40. The second-order valence-electron chi connectivity index (χ2n) is 5.44. The summed E-state index contributed by atoms with van der Waals surface area (Å²) in [4.78, 5) is 14.1. The topological polar surface area (TPSA) is 41.6 Å². The van der Waals surface area contributed by atoms with Gasteiger partial charge in [-0.25, -0.2) is 0 Å². The molecule has 7 heteroatoms. The molecule has 0 aliphatic carbocycles. The van der Waals surface area contributed by atoms with Crippen molar-refractivity contribution >= 4 is 11.6 Å². The van der Waals surface area contributed by atoms with E-state index in [0.29, 0.717) is 18.3 Å². The number of piperidine rings is 1. The summed E-state index contributed by atoms with van der Waals surface area (Å²) in [6.45, 7) is 3.28. The van der Waals surface area contributed by atoms with Crippen LogP contribution in [-0.2, 0) is 4.79 Å². The van der Waals surface area contributed by atoms with Crippen LogP contribution in [0.3, 0.4) is 0 Å². The lowest BCUT2D eigenvalue weighted by molar-refractivity contribution is -0.274. The molecule has 0 radical (unpaired) electrons. The Balaban J connectivity index is 1.86. The Kier molecular flexibility index (Phi) is 5.28. The van der Waals surface area contributed by atoms with Crippen LogP contribution in [0.4, 0.5) is 18.9 Å². The molecule has 4 nitrogen and oxygen atoms in total. The van der Waals surface area contributed by atoms with Crippen molar-refractivity contribution in [2.24, 2.45) is 0 Å². The molecule has 1 heterocycles. The maximum absolute atomic E-state index is 12.1. The molecule has 1 fully saturated rings. The van der Waals surface area contributed by atoms with Gasteiger partial charge in [0, 0.05) is 11.7 Å². The molecule has 1 atom stereocenters. The molecule has 1 aliphatic rings. The molecule has 1 unspecified atom stereocenters. The number of halogens is 3. The number of ether oxygens (including phenoxy) is 1. The van der Waals surface area contributed by atoms with Crippen LogP contribution in [0.1, 0.15) is 26.2 Å². The number of anilines is 1. The van der Waals surface area contributed by atoms with Crippen molar-refractivity contribution in [2.75, 3.05) is 18.4 Å². The number of hydrogen-bond acceptors (Lipinski definition) is 3. The summed E-state index contributed by atoms with van der Waals surface area (Å²) in [6.07, 6.45) is -1.37. The summed E-state index contributed by atoms with van der Waals surface area (Å²) in [5.41, 5.74) is 0.448. The second-order valence-corrected chi connectivity index (χ2v) is 5.44. The number of likely N-dealkylation sites (tertiary alicyclic amines) is 1. The summed E-state index contributed by atoms with van der Waals surface area (Å²) in [5, 5.41) is 2.68. The molecule has 1 saturated heterocycles. The third kappa shape index (κ3) is 5.22. The van der Waals surface area contributed by atoms with Crippen LogP contribution in [0.25, 0.3) is 0 Å². The largest absolute Gasteiger partial charge is 0.573 e. The third-order valence-electron chi connectivity index (χ3n) is 3.66. The first kappa shape index (κ1) is 16.6. The van der Waals surface area contributed by atoms with Gasteiger partial charge in [0.2, 0.25) is 5.91 Å². The minimum absolute atomic E-state index is 0.168. The van der Waals surface area contributed by atoms with Crippen molar-refractivity contribution < 1.29 is 22.7 Å². The predicted molar refractivity (Wildman–Crippen MR) is 76.6 cm³/mol. The number of benzene rings is 1. The first-order valence-electron chi connectivity index (χ1n) is 7.23. The molecule has 22 heavy (non-hydrogen) atoms. The molecule has 1 amide bonds. The number of hydrogen-bond donors (Lipinski definition) is 1. The number of rotatable bonds is 4. The molecule has 1 aliphatic heterocycles. The van der Waals surface area contributed by atoms with Crippen molar-refractivity contribution in [2.45, 2.75) is 38.6 Å². The Morgan fingerprint density at radius 1 is 1.32 bits per heavy atom. The van der Waals surface area contributed by atoms with Crippen molar-refractivity contribution in [1.82, 2.24) is 4.90 Å². The van der Waals surface area contributed by atoms with E-state index in [9.17, 15) is 18.0 Å². The summed E-state index contributed by atoms with van der Waals surface area (Å²) in [6, 6.07) is 5.50. The maximum Gasteiger partial charge on any atom is 0.573 e. The van der Waals surface area contributed by atoms with E-state index >= 15 is 0 Å². The number of amides is 1. The van der Waals surface area contributed by atoms with E-state index in [0.717, 1.165) is 19.4 Å². The average molecular weight is 316 g/mol. The number of alkyl halides is 3. The zero-order valence-electron chi connectivity index (χ0n) is 12.3. The van der Waals surface area contributed by atoms with Gasteiger partial charge in [-0.3, -0.25) is 9.69 Å². The number of nitrogens with one attached hydrogen (secondary N) is 1. The van der Waals surface area contributed by atoms with Crippen LogP contribution >= 0.6 is 0 Å². The van der Waals surface area contributed by atoms with E-state index in [1.165, 1.54) is 30.7 Å². The van der Waals surface area contributed by atoms with Gasteiger partial charge < -0.3 is 10.1 Å². The van der Waals surface area contributed by atoms with Crippen LogP contribution in [0.5, 0.6) is 5.75 Å². The van der Waals surface area contributed by atoms with Crippen LogP contribution in [-0.4, -0.2) is 36.3 Å². The molecule has 2 rings (SSSR count). The monoisotopic (exact) mass is 316 g/mol. The highest BCUT2D eigenvalue weighted by Crippen LogP contribution is 2.24. The lowest BCUT2D eigenvalue weighted by atomic mass is 10.0. The van der Waals surface area contributed by atoms with E-state index in [1.807, 2.05) is 0 Å². The van der Waals surface area contributed by atoms with Gasteiger partial charge in [0.15, 0.2) is 0 Å². The lowest BCUT2D eigenvalue weighted by Gasteiger charge is -2.32. The van der Waals surface area contributed by atoms with Gasteiger partial charge in [-0.2, -0.15) is 0 Å². The minimum atomic E-state index is -4.71. The fourth-order valence-corrected chi connectivity index (χ4v) is 2.52. The van der Waals surface area contributed by atoms with Crippen molar-refractivity contribution in [1.29, 1.82) is 0 Å². The molecule has 1 N–H and O–H groups in total. The van der Waals surface area contributed by atoms with Crippen molar-refractivity contribution in [3.8, 4) is 5.75 Å². The normalized spacial score (nSPS) is 19.7. The molecule has 0 bridgehead atoms. The van der Waals surface area contributed by atoms with E-state index in [4.69, 9.17) is 0 Å². The molecule has 0 spiro atoms. The molecule has 1 aromatic rings. The highest BCUT2D eigenvalue weighted by atomic mass is 19.4. The number of carbonyl (C=O) groups is 1. The first-order chi connectivity index (χ1) is 10.3. The number of nitrogens with zero attached hydrogens (tertiary/aromatic N) is 1. The first-order valence-corrected chi connectivity index (χ1v) is 7.23. The SMILES string of the molecule is CC1CCCCN1CC(=O)Nc1ccc(OC(F)(F)F)cc1. The Labute approximate surface area is 127 Å². The molecule has 0 saturated carbocycles. The lowest BCUT2D eigenvalue weighted by Crippen LogP contribution is -2.42. The minimum Gasteiger partial charge on any atom is -0.406 e. The quantitative estimate of drug-likeness (QED) is 0.925. The molecular weight excluding hydrogens is 297 g/mol. The van der Waals surface area contributed by atoms with Crippen molar-refractivity contribution in [3.63, 3.8) is 0 Å². The Hall–Kier alpha value is -1.76. The van der Waals surface area contributed by atoms with Gasteiger partial charge >= 0.3 is 6.36 Å². The molecule has 122 valence electrons. The zero-order chi connectivity index (χ0) is 16.2. The maximum atomic E-state index is 12.1. The van der Waals surface area contributed by atoms with Gasteiger partial charge in [-0.15, -0.1) is 13.2 Å². The molecular formula is C15H19F3N2O2. The smallest absolute Gasteiger partial charge is 0.406 e. The van der Waals surface area contributed by atoms with Gasteiger partial charge in [0.1, 0.15) is 5.75 Å². The average Bonchev–Trinajstić information content (AvgIpc) is 2.42. The summed E-state index contributed by atoms with van der Waals surface area (Å²) >= 11 is 0. The van der Waals surface area contributed by atoms with Gasteiger partial charge in [0.05, 0.1) is 6.54 Å². The van der Waals surface area contributed by atoms with E-state index in [-0.39, 0.29) is 11.7 Å². The van der Waals surface area contributed by atoms with E-state index in [2.05, 4.69) is 21.9 Å². The highest BCUT2D eigenvalue weighted by molar-refractivity contribution is 5.92. The van der Waals surface area contributed by atoms with Crippen molar-refractivity contribution in [3.05, 3.63) is 24.3 Å². The zero-order valence-corrected chi connectivity index (χ0v) is 12.3. The Bertz CT molecular complexity index is 503. The summed E-state index contributed by atoms with van der Waals surface area (Å²) < 4.78 is 39.9. The summed E-state index contributed by atoms with van der Waals surface area (Å²) in [7, 11) is 0. The van der Waals surface area contributed by atoms with Crippen LogP contribution < -0.4 is 10.1 Å². The van der Waals surface area contributed by atoms with Gasteiger partial charge in [0.25, 0.3) is 0 Å². The fraction of sp³-hybridized carbons (Fsp3) is 0.533. The standard InChI is InChI=1S/C15H19F3N2O2/c1-11-4-2-3-9-20(11)10-14(21)19-12-5-7-13(8-6-12)22-15(16,17)18/h5-8,11H,2-4,9-10H2,1H3,(H,19,21). The summed E-state index contributed by atoms with van der Waals surface area (Å²) in [5.74, 6) is -0.478. The van der Waals surface area contributed by atoms with Crippen LogP contribution in [0.15, 0.2) is 24.3 Å². The van der Waals surface area contributed by atoms with Crippen LogP contribution in [0.2, 0.25) is 0 Å². The van der Waals surface area contributed by atoms with Gasteiger partial charge in [-0.05, 0) is 50.6 Å². The van der Waals surface area contributed by atoms with E-state index < -0.39 is 6.36 Å². The highest BCUT2D eigenvalue weighted by Gasteiger charge is 2.31. The Morgan fingerprint density at radius 3 is 2.59 bits per heavy atom. The van der Waals surface area contributed by atoms with Gasteiger partial charge in [-0.1, -0.05) is 6.42 Å². The van der Waals surface area contributed by atoms with Crippen LogP contribution in [0, 0.1) is 0 Å². The number of carbonyl (C=O) groups excluding carboxylic acids is 1. The second kappa shape index (κ2) is 7.00. The van der Waals surface area contributed by atoms with E-state index in [1.54, 1.807) is 0 Å². The molecule has 1 aromatic carbocycles. The fourth-order valence-electron chi connectivity index (χ4n) is 2.52. The third-order valence-corrected chi connectivity index (χ3v) is 3.66. The Morgan fingerprint density at radius 2 is 2.00 bits per heavy atom. The molecule has 0 aromatic heterocycles.